The number of aliphatic hydroxyl groups excluding tert-OH is 1. The smallest absolute Gasteiger partial charge is 0.269 e. The van der Waals surface area contributed by atoms with Gasteiger partial charge >= 0.3 is 0 Å². The largest absolute Gasteiger partial charge is 0.492 e. The van der Waals surface area contributed by atoms with Gasteiger partial charge in [-0.1, -0.05) is 23.5 Å². The SMILES string of the molecule is Cc1nc2sc([C@H](c3ccc([N+](=O)[O-])cc3)N3CCC(O)CC3)c(O)n2n1. The zero-order valence-corrected chi connectivity index (χ0v) is 15.5. The molecular weight excluding hydrogens is 370 g/mol. The third-order valence-corrected chi connectivity index (χ3v) is 5.91. The highest BCUT2D eigenvalue weighted by Gasteiger charge is 2.32. The van der Waals surface area contributed by atoms with Crippen LogP contribution < -0.4 is 0 Å². The van der Waals surface area contributed by atoms with E-state index in [2.05, 4.69) is 15.0 Å². The van der Waals surface area contributed by atoms with E-state index in [1.807, 2.05) is 0 Å². The van der Waals surface area contributed by atoms with Crippen molar-refractivity contribution in [1.82, 2.24) is 19.5 Å². The maximum absolute atomic E-state index is 11.0. The van der Waals surface area contributed by atoms with Crippen molar-refractivity contribution >= 4 is 22.0 Å². The van der Waals surface area contributed by atoms with E-state index in [4.69, 9.17) is 0 Å². The number of rotatable bonds is 4. The Morgan fingerprint density at radius 3 is 2.56 bits per heavy atom. The van der Waals surface area contributed by atoms with Crippen molar-refractivity contribution in [2.45, 2.75) is 31.9 Å². The zero-order chi connectivity index (χ0) is 19.1. The summed E-state index contributed by atoms with van der Waals surface area (Å²) in [7, 11) is 0. The fraction of sp³-hybridized carbons (Fsp3) is 0.412. The lowest BCUT2D eigenvalue weighted by Crippen LogP contribution is -2.38. The summed E-state index contributed by atoms with van der Waals surface area (Å²) in [6.07, 6.45) is 0.964. The Morgan fingerprint density at radius 2 is 1.96 bits per heavy atom. The van der Waals surface area contributed by atoms with Crippen LogP contribution in [-0.2, 0) is 0 Å². The topological polar surface area (TPSA) is 117 Å². The molecule has 0 aliphatic carbocycles. The van der Waals surface area contributed by atoms with Gasteiger partial charge in [0.1, 0.15) is 5.82 Å². The van der Waals surface area contributed by atoms with Gasteiger partial charge in [0, 0.05) is 25.2 Å². The van der Waals surface area contributed by atoms with E-state index in [1.54, 1.807) is 19.1 Å². The van der Waals surface area contributed by atoms with Crippen LogP contribution >= 0.6 is 11.3 Å². The van der Waals surface area contributed by atoms with Crippen molar-refractivity contribution < 1.29 is 15.1 Å². The van der Waals surface area contributed by atoms with Crippen LogP contribution in [0.25, 0.3) is 4.96 Å². The number of nitrogens with zero attached hydrogens (tertiary/aromatic N) is 5. The summed E-state index contributed by atoms with van der Waals surface area (Å²) in [6, 6.07) is 6.09. The van der Waals surface area contributed by atoms with E-state index >= 15 is 0 Å². The number of hydrogen-bond acceptors (Lipinski definition) is 8. The minimum absolute atomic E-state index is 0.0223. The minimum atomic E-state index is -0.431. The molecule has 3 aromatic rings. The van der Waals surface area contributed by atoms with Gasteiger partial charge in [0.25, 0.3) is 5.69 Å². The van der Waals surface area contributed by atoms with Crippen molar-refractivity contribution in [1.29, 1.82) is 0 Å². The van der Waals surface area contributed by atoms with E-state index in [0.29, 0.717) is 41.6 Å². The Kier molecular flexibility index (Phi) is 4.54. The first-order chi connectivity index (χ1) is 12.9. The van der Waals surface area contributed by atoms with Crippen LogP contribution in [0.15, 0.2) is 24.3 Å². The minimum Gasteiger partial charge on any atom is -0.492 e. The third kappa shape index (κ3) is 3.27. The number of piperidine rings is 1. The molecule has 0 saturated carbocycles. The number of benzene rings is 1. The number of aryl methyl sites for hydroxylation is 1. The summed E-state index contributed by atoms with van der Waals surface area (Å²) in [6.45, 7) is 3.09. The highest BCUT2D eigenvalue weighted by Crippen LogP contribution is 2.41. The van der Waals surface area contributed by atoms with Crippen LogP contribution in [0.5, 0.6) is 5.88 Å². The number of nitro groups is 1. The lowest BCUT2D eigenvalue weighted by atomic mass is 9.99. The molecule has 1 saturated heterocycles. The number of nitro benzene ring substituents is 1. The van der Waals surface area contributed by atoms with Crippen LogP contribution in [-0.4, -0.2) is 53.8 Å². The lowest BCUT2D eigenvalue weighted by Gasteiger charge is -2.35. The summed E-state index contributed by atoms with van der Waals surface area (Å²) in [5, 5.41) is 35.8. The van der Waals surface area contributed by atoms with Crippen molar-refractivity contribution in [3.63, 3.8) is 0 Å². The molecule has 4 rings (SSSR count). The Labute approximate surface area is 158 Å². The fourth-order valence-corrected chi connectivity index (χ4v) is 4.64. The summed E-state index contributed by atoms with van der Waals surface area (Å²) < 4.78 is 1.42. The summed E-state index contributed by atoms with van der Waals surface area (Å²) in [4.78, 5) is 18.3. The third-order valence-electron chi connectivity index (χ3n) is 4.84. The summed E-state index contributed by atoms with van der Waals surface area (Å²) >= 11 is 1.35. The molecule has 1 aliphatic heterocycles. The second kappa shape index (κ2) is 6.87. The molecule has 2 N–H and O–H groups in total. The van der Waals surface area contributed by atoms with Crippen LogP contribution in [0, 0.1) is 17.0 Å². The van der Waals surface area contributed by atoms with Gasteiger partial charge in [-0.3, -0.25) is 15.0 Å². The summed E-state index contributed by atoms with van der Waals surface area (Å²) in [5.41, 5.74) is 0.863. The number of aliphatic hydroxyl groups is 1. The maximum Gasteiger partial charge on any atom is 0.269 e. The van der Waals surface area contributed by atoms with E-state index in [9.17, 15) is 20.3 Å². The Bertz CT molecular complexity index is 975. The van der Waals surface area contributed by atoms with Crippen LogP contribution in [0.1, 0.15) is 35.1 Å². The van der Waals surface area contributed by atoms with Crippen molar-refractivity contribution in [2.24, 2.45) is 0 Å². The van der Waals surface area contributed by atoms with E-state index in [-0.39, 0.29) is 23.7 Å². The predicted molar refractivity (Wildman–Crippen MR) is 99.0 cm³/mol. The highest BCUT2D eigenvalue weighted by molar-refractivity contribution is 7.17. The highest BCUT2D eigenvalue weighted by atomic mass is 32.1. The first kappa shape index (κ1) is 17.8. The zero-order valence-electron chi connectivity index (χ0n) is 14.6. The molecule has 27 heavy (non-hydrogen) atoms. The standard InChI is InChI=1S/C17H19N5O4S/c1-10-18-17-21(19-10)16(24)15(27-17)14(20-8-6-13(23)7-9-20)11-2-4-12(5-3-11)22(25)26/h2-5,13-14,23-24H,6-9H2,1H3/t14-/m0/s1. The number of aromatic hydroxyl groups is 1. The van der Waals surface area contributed by atoms with Crippen LogP contribution in [0.2, 0.25) is 0 Å². The maximum atomic E-state index is 11.0. The second-order valence-corrected chi connectivity index (χ2v) is 7.67. The molecular formula is C17H19N5O4S. The van der Waals surface area contributed by atoms with Gasteiger partial charge in [-0.2, -0.15) is 4.52 Å². The predicted octanol–water partition coefficient (Wildman–Crippen LogP) is 2.26. The van der Waals surface area contributed by atoms with Gasteiger partial charge < -0.3 is 10.2 Å². The quantitative estimate of drug-likeness (QED) is 0.519. The Morgan fingerprint density at radius 1 is 1.30 bits per heavy atom. The lowest BCUT2D eigenvalue weighted by molar-refractivity contribution is -0.384. The molecule has 9 nitrogen and oxygen atoms in total. The van der Waals surface area contributed by atoms with Crippen molar-refractivity contribution in [2.75, 3.05) is 13.1 Å². The fourth-order valence-electron chi connectivity index (χ4n) is 3.48. The van der Waals surface area contributed by atoms with Gasteiger partial charge in [0.05, 0.1) is 21.9 Å². The molecule has 0 radical (unpaired) electrons. The average Bonchev–Trinajstić information content (AvgIpc) is 3.15. The number of fused-ring (bicyclic) bond motifs is 1. The first-order valence-electron chi connectivity index (χ1n) is 8.65. The Balaban J connectivity index is 1.78. The molecule has 0 amide bonds. The van der Waals surface area contributed by atoms with Gasteiger partial charge in [0.15, 0.2) is 0 Å². The molecule has 142 valence electrons. The normalized spacial score (nSPS) is 17.4. The van der Waals surface area contributed by atoms with E-state index in [0.717, 1.165) is 5.56 Å². The molecule has 2 aromatic heterocycles. The van der Waals surface area contributed by atoms with Crippen LogP contribution in [0.4, 0.5) is 5.69 Å². The van der Waals surface area contributed by atoms with Gasteiger partial charge in [-0.25, -0.2) is 4.98 Å². The van der Waals surface area contributed by atoms with Gasteiger partial charge in [-0.05, 0) is 25.3 Å². The number of aromatic nitrogens is 3. The average molecular weight is 389 g/mol. The molecule has 1 aliphatic rings. The number of hydrogen-bond donors (Lipinski definition) is 2. The first-order valence-corrected chi connectivity index (χ1v) is 9.47. The van der Waals surface area contributed by atoms with Gasteiger partial charge in [0.2, 0.25) is 10.8 Å². The van der Waals surface area contributed by atoms with Crippen molar-refractivity contribution in [3.05, 3.63) is 50.6 Å². The molecule has 1 atom stereocenters. The van der Waals surface area contributed by atoms with Gasteiger partial charge in [-0.15, -0.1) is 5.10 Å². The number of non-ortho nitro benzene ring substituents is 1. The molecule has 0 unspecified atom stereocenters. The van der Waals surface area contributed by atoms with E-state index < -0.39 is 4.92 Å². The molecule has 1 aromatic carbocycles. The Hall–Kier alpha value is -2.56. The number of thiazole rings is 1. The van der Waals surface area contributed by atoms with Crippen LogP contribution in [0.3, 0.4) is 0 Å². The summed E-state index contributed by atoms with van der Waals surface area (Å²) in [5.74, 6) is 0.612. The van der Waals surface area contributed by atoms with Crippen molar-refractivity contribution in [3.8, 4) is 5.88 Å². The van der Waals surface area contributed by atoms with E-state index in [1.165, 1.54) is 28.0 Å². The molecule has 10 heteroatoms. The molecule has 1 fully saturated rings. The molecule has 3 heterocycles. The number of likely N-dealkylation sites (tertiary alicyclic amines) is 1. The molecule has 0 bridgehead atoms. The monoisotopic (exact) mass is 389 g/mol. The second-order valence-electron chi connectivity index (χ2n) is 6.66. The molecule has 0 spiro atoms.